The largest absolute Gasteiger partial charge is 0.348 e. The number of rotatable bonds is 5. The van der Waals surface area contributed by atoms with E-state index >= 15 is 0 Å². The monoisotopic (exact) mass is 321 g/mol. The molecule has 0 radical (unpaired) electrons. The van der Waals surface area contributed by atoms with Gasteiger partial charge in [-0.3, -0.25) is 9.48 Å². The summed E-state index contributed by atoms with van der Waals surface area (Å²) in [7, 11) is 0. The predicted molar refractivity (Wildman–Crippen MR) is 77.5 cm³/mol. The van der Waals surface area contributed by atoms with Gasteiger partial charge in [0.15, 0.2) is 0 Å². The Morgan fingerprint density at radius 3 is 2.74 bits per heavy atom. The van der Waals surface area contributed by atoms with Gasteiger partial charge in [-0.2, -0.15) is 5.10 Å². The normalized spacial score (nSPS) is 12.1. The molecule has 0 fully saturated rings. The average Bonchev–Trinajstić information content (AvgIpc) is 2.82. The highest BCUT2D eigenvalue weighted by Gasteiger charge is 2.12. The SMILES string of the molecule is CCC(NC(=O)Cn1cc(Br)cn1)c1ccccc1. The van der Waals surface area contributed by atoms with E-state index in [1.54, 1.807) is 17.1 Å². The van der Waals surface area contributed by atoms with Crippen LogP contribution in [0.5, 0.6) is 0 Å². The summed E-state index contributed by atoms with van der Waals surface area (Å²) in [4.78, 5) is 12.0. The second kappa shape index (κ2) is 6.52. The topological polar surface area (TPSA) is 46.9 Å². The maximum Gasteiger partial charge on any atom is 0.242 e. The van der Waals surface area contributed by atoms with E-state index < -0.39 is 0 Å². The van der Waals surface area contributed by atoms with Gasteiger partial charge >= 0.3 is 0 Å². The lowest BCUT2D eigenvalue weighted by Crippen LogP contribution is -2.31. The lowest BCUT2D eigenvalue weighted by Gasteiger charge is -2.17. The van der Waals surface area contributed by atoms with Gasteiger partial charge in [-0.05, 0) is 27.9 Å². The highest BCUT2D eigenvalue weighted by atomic mass is 79.9. The summed E-state index contributed by atoms with van der Waals surface area (Å²) >= 11 is 3.31. The molecule has 0 saturated heterocycles. The molecule has 0 spiro atoms. The first kappa shape index (κ1) is 13.8. The van der Waals surface area contributed by atoms with Gasteiger partial charge in [0, 0.05) is 6.20 Å². The van der Waals surface area contributed by atoms with E-state index in [2.05, 4.69) is 33.3 Å². The smallest absolute Gasteiger partial charge is 0.242 e. The molecule has 1 amide bonds. The summed E-state index contributed by atoms with van der Waals surface area (Å²) in [6.45, 7) is 2.29. The quantitative estimate of drug-likeness (QED) is 0.920. The van der Waals surface area contributed by atoms with E-state index in [1.807, 2.05) is 30.3 Å². The van der Waals surface area contributed by atoms with Crippen LogP contribution in [0.25, 0.3) is 0 Å². The van der Waals surface area contributed by atoms with E-state index in [-0.39, 0.29) is 18.5 Å². The number of carbonyl (C=O) groups excluding carboxylic acids is 1. The second-order valence-electron chi connectivity index (χ2n) is 4.30. The van der Waals surface area contributed by atoms with Crippen molar-refractivity contribution in [2.75, 3.05) is 0 Å². The molecule has 1 atom stereocenters. The third-order valence-electron chi connectivity index (χ3n) is 2.85. The molecule has 2 rings (SSSR count). The fourth-order valence-electron chi connectivity index (χ4n) is 1.92. The van der Waals surface area contributed by atoms with Crippen LogP contribution >= 0.6 is 15.9 Å². The van der Waals surface area contributed by atoms with E-state index in [9.17, 15) is 4.79 Å². The number of halogens is 1. The molecule has 19 heavy (non-hydrogen) atoms. The van der Waals surface area contributed by atoms with E-state index in [0.717, 1.165) is 16.5 Å². The van der Waals surface area contributed by atoms with Crippen molar-refractivity contribution in [2.45, 2.75) is 25.9 Å². The van der Waals surface area contributed by atoms with Crippen molar-refractivity contribution in [1.29, 1.82) is 0 Å². The van der Waals surface area contributed by atoms with E-state index in [4.69, 9.17) is 0 Å². The first-order valence-corrected chi connectivity index (χ1v) is 7.00. The molecule has 1 aromatic heterocycles. The Labute approximate surface area is 120 Å². The third kappa shape index (κ3) is 3.92. The van der Waals surface area contributed by atoms with Crippen molar-refractivity contribution in [3.63, 3.8) is 0 Å². The third-order valence-corrected chi connectivity index (χ3v) is 3.26. The lowest BCUT2D eigenvalue weighted by molar-refractivity contribution is -0.122. The number of aromatic nitrogens is 2. The number of carbonyl (C=O) groups is 1. The maximum absolute atomic E-state index is 12.0. The van der Waals surface area contributed by atoms with Gasteiger partial charge in [-0.15, -0.1) is 0 Å². The van der Waals surface area contributed by atoms with Gasteiger partial charge in [0.1, 0.15) is 6.54 Å². The van der Waals surface area contributed by atoms with Gasteiger partial charge in [0.05, 0.1) is 16.7 Å². The number of amides is 1. The molecular weight excluding hydrogens is 306 g/mol. The minimum atomic E-state index is -0.0358. The zero-order valence-corrected chi connectivity index (χ0v) is 12.3. The van der Waals surface area contributed by atoms with Crippen molar-refractivity contribution in [2.24, 2.45) is 0 Å². The van der Waals surface area contributed by atoms with Crippen LogP contribution in [0.1, 0.15) is 24.9 Å². The Hall–Kier alpha value is -1.62. The van der Waals surface area contributed by atoms with Crippen LogP contribution < -0.4 is 5.32 Å². The highest BCUT2D eigenvalue weighted by Crippen LogP contribution is 2.15. The summed E-state index contributed by atoms with van der Waals surface area (Å²) in [5, 5.41) is 7.10. The molecule has 4 nitrogen and oxygen atoms in total. The second-order valence-corrected chi connectivity index (χ2v) is 5.21. The summed E-state index contributed by atoms with van der Waals surface area (Å²) in [6, 6.07) is 10.0. The van der Waals surface area contributed by atoms with Crippen molar-refractivity contribution < 1.29 is 4.79 Å². The van der Waals surface area contributed by atoms with Crippen molar-refractivity contribution >= 4 is 21.8 Å². The minimum Gasteiger partial charge on any atom is -0.348 e. The number of nitrogens with one attached hydrogen (secondary N) is 1. The molecule has 0 saturated carbocycles. The maximum atomic E-state index is 12.0. The van der Waals surface area contributed by atoms with Crippen LogP contribution in [-0.4, -0.2) is 15.7 Å². The molecule has 0 aliphatic heterocycles. The van der Waals surface area contributed by atoms with Crippen LogP contribution in [0.15, 0.2) is 47.2 Å². The first-order valence-electron chi connectivity index (χ1n) is 6.21. The molecule has 1 unspecified atom stereocenters. The van der Waals surface area contributed by atoms with Crippen LogP contribution in [-0.2, 0) is 11.3 Å². The Balaban J connectivity index is 1.97. The Morgan fingerprint density at radius 2 is 2.16 bits per heavy atom. The molecule has 2 aromatic rings. The van der Waals surface area contributed by atoms with Crippen LogP contribution in [0.4, 0.5) is 0 Å². The van der Waals surface area contributed by atoms with Gasteiger partial charge in [0.2, 0.25) is 5.91 Å². The summed E-state index contributed by atoms with van der Waals surface area (Å²) in [5.41, 5.74) is 1.12. The molecule has 1 heterocycles. The van der Waals surface area contributed by atoms with Gasteiger partial charge in [-0.1, -0.05) is 37.3 Å². The number of benzene rings is 1. The van der Waals surface area contributed by atoms with Crippen LogP contribution in [0, 0.1) is 0 Å². The molecular formula is C14H16BrN3O. The van der Waals surface area contributed by atoms with E-state index in [0.29, 0.717) is 0 Å². The average molecular weight is 322 g/mol. The summed E-state index contributed by atoms with van der Waals surface area (Å²) in [5.74, 6) is -0.0358. The number of hydrogen-bond donors (Lipinski definition) is 1. The molecule has 1 aromatic carbocycles. The van der Waals surface area contributed by atoms with Gasteiger partial charge in [-0.25, -0.2) is 0 Å². The standard InChI is InChI=1S/C14H16BrN3O/c1-2-13(11-6-4-3-5-7-11)17-14(19)10-18-9-12(15)8-16-18/h3-9,13H,2,10H2,1H3,(H,17,19). The molecule has 0 aliphatic rings. The molecule has 5 heteroatoms. The fourth-order valence-corrected chi connectivity index (χ4v) is 2.25. The summed E-state index contributed by atoms with van der Waals surface area (Å²) in [6.07, 6.45) is 4.31. The van der Waals surface area contributed by atoms with Crippen LogP contribution in [0.2, 0.25) is 0 Å². The van der Waals surface area contributed by atoms with Gasteiger partial charge in [0.25, 0.3) is 0 Å². The van der Waals surface area contributed by atoms with Crippen molar-refractivity contribution in [1.82, 2.24) is 15.1 Å². The lowest BCUT2D eigenvalue weighted by atomic mass is 10.0. The molecule has 1 N–H and O–H groups in total. The molecule has 0 bridgehead atoms. The zero-order chi connectivity index (χ0) is 13.7. The zero-order valence-electron chi connectivity index (χ0n) is 10.7. The minimum absolute atomic E-state index is 0.0358. The fraction of sp³-hybridized carbons (Fsp3) is 0.286. The Bertz CT molecular complexity index is 539. The molecule has 100 valence electrons. The Morgan fingerprint density at radius 1 is 1.42 bits per heavy atom. The van der Waals surface area contributed by atoms with E-state index in [1.165, 1.54) is 0 Å². The van der Waals surface area contributed by atoms with Crippen molar-refractivity contribution in [3.05, 3.63) is 52.8 Å². The van der Waals surface area contributed by atoms with Crippen LogP contribution in [0.3, 0.4) is 0 Å². The molecule has 0 aliphatic carbocycles. The Kier molecular flexibility index (Phi) is 4.74. The number of hydrogen-bond acceptors (Lipinski definition) is 2. The van der Waals surface area contributed by atoms with Gasteiger partial charge < -0.3 is 5.32 Å². The number of nitrogens with zero attached hydrogens (tertiary/aromatic N) is 2. The summed E-state index contributed by atoms with van der Waals surface area (Å²) < 4.78 is 2.48. The predicted octanol–water partition coefficient (Wildman–Crippen LogP) is 2.91. The van der Waals surface area contributed by atoms with Crippen molar-refractivity contribution in [3.8, 4) is 0 Å². The first-order chi connectivity index (χ1) is 9.19. The highest BCUT2D eigenvalue weighted by molar-refractivity contribution is 9.10.